The van der Waals surface area contributed by atoms with Crippen LogP contribution in [0.15, 0.2) is 59.4 Å². The molecule has 3 rings (SSSR count). The summed E-state index contributed by atoms with van der Waals surface area (Å²) in [6, 6.07) is 17.6. The molecule has 2 aromatic carbocycles. The van der Waals surface area contributed by atoms with Crippen molar-refractivity contribution < 1.29 is 4.79 Å². The largest absolute Gasteiger partial charge is 0.350 e. The molecule has 0 unspecified atom stereocenters. The summed E-state index contributed by atoms with van der Waals surface area (Å²) in [6.45, 7) is 5.04. The number of fused-ring (bicyclic) bond motifs is 1. The number of aromatic nitrogens is 1. The first kappa shape index (κ1) is 17.9. The number of carbonyl (C=O) groups is 1. The Kier molecular flexibility index (Phi) is 5.52. The standard InChI is InChI=1S/C22H24N2O2/c1-3-13-24-20(15-18-10-9-16(2)14-19(18)22(24)26)21(25)23-12-11-17-7-5-4-6-8-17/h4-10,14-15H,3,11-13H2,1-2H3,(H,23,25). The van der Waals surface area contributed by atoms with Gasteiger partial charge in [-0.3, -0.25) is 9.59 Å². The molecule has 1 N–H and O–H groups in total. The van der Waals surface area contributed by atoms with Crippen LogP contribution in [0, 0.1) is 6.92 Å². The van der Waals surface area contributed by atoms with Gasteiger partial charge in [0.1, 0.15) is 5.69 Å². The molecule has 0 fully saturated rings. The highest BCUT2D eigenvalue weighted by atomic mass is 16.2. The van der Waals surface area contributed by atoms with E-state index in [1.54, 1.807) is 4.57 Å². The lowest BCUT2D eigenvalue weighted by Crippen LogP contribution is -2.33. The van der Waals surface area contributed by atoms with E-state index in [2.05, 4.69) is 5.32 Å². The zero-order chi connectivity index (χ0) is 18.5. The molecular weight excluding hydrogens is 324 g/mol. The van der Waals surface area contributed by atoms with Crippen LogP contribution in [0.2, 0.25) is 0 Å². The topological polar surface area (TPSA) is 51.1 Å². The number of pyridine rings is 1. The number of nitrogens with one attached hydrogen (secondary N) is 1. The Labute approximate surface area is 153 Å². The van der Waals surface area contributed by atoms with E-state index >= 15 is 0 Å². The molecule has 3 aromatic rings. The van der Waals surface area contributed by atoms with Gasteiger partial charge < -0.3 is 9.88 Å². The third-order valence-corrected chi connectivity index (χ3v) is 4.49. The Bertz CT molecular complexity index is 975. The van der Waals surface area contributed by atoms with Crippen molar-refractivity contribution in [1.82, 2.24) is 9.88 Å². The van der Waals surface area contributed by atoms with Gasteiger partial charge in [0.15, 0.2) is 0 Å². The minimum atomic E-state index is -0.200. The lowest BCUT2D eigenvalue weighted by molar-refractivity contribution is 0.0943. The van der Waals surface area contributed by atoms with Crippen LogP contribution in [-0.2, 0) is 13.0 Å². The number of aryl methyl sites for hydroxylation is 1. The summed E-state index contributed by atoms with van der Waals surface area (Å²) in [5.41, 5.74) is 2.55. The number of hydrogen-bond acceptors (Lipinski definition) is 2. The number of hydrogen-bond donors (Lipinski definition) is 1. The fraction of sp³-hybridized carbons (Fsp3) is 0.273. The quantitative estimate of drug-likeness (QED) is 0.738. The van der Waals surface area contributed by atoms with Gasteiger partial charge in [-0.05, 0) is 42.8 Å². The second-order valence-corrected chi connectivity index (χ2v) is 6.57. The van der Waals surface area contributed by atoms with Crippen LogP contribution in [0.4, 0.5) is 0 Å². The zero-order valence-corrected chi connectivity index (χ0v) is 15.3. The van der Waals surface area contributed by atoms with Crippen molar-refractivity contribution in [2.45, 2.75) is 33.2 Å². The van der Waals surface area contributed by atoms with Gasteiger partial charge in [-0.15, -0.1) is 0 Å². The highest BCUT2D eigenvalue weighted by molar-refractivity contribution is 5.96. The van der Waals surface area contributed by atoms with Crippen LogP contribution in [0.3, 0.4) is 0 Å². The summed E-state index contributed by atoms with van der Waals surface area (Å²) >= 11 is 0. The van der Waals surface area contributed by atoms with E-state index in [4.69, 9.17) is 0 Å². The predicted molar refractivity (Wildman–Crippen MR) is 106 cm³/mol. The molecule has 4 nitrogen and oxygen atoms in total. The minimum absolute atomic E-state index is 0.0961. The first-order chi connectivity index (χ1) is 12.6. The highest BCUT2D eigenvalue weighted by Crippen LogP contribution is 2.15. The monoisotopic (exact) mass is 348 g/mol. The second-order valence-electron chi connectivity index (χ2n) is 6.57. The highest BCUT2D eigenvalue weighted by Gasteiger charge is 2.15. The molecule has 1 amide bonds. The smallest absolute Gasteiger partial charge is 0.268 e. The number of benzene rings is 2. The fourth-order valence-corrected chi connectivity index (χ4v) is 3.15. The predicted octanol–water partition coefficient (Wildman–Crippen LogP) is 3.69. The lowest BCUT2D eigenvalue weighted by atomic mass is 10.1. The van der Waals surface area contributed by atoms with Gasteiger partial charge in [-0.2, -0.15) is 0 Å². The molecule has 26 heavy (non-hydrogen) atoms. The van der Waals surface area contributed by atoms with Gasteiger partial charge in [-0.25, -0.2) is 0 Å². The molecule has 0 aliphatic rings. The summed E-state index contributed by atoms with van der Waals surface area (Å²) in [4.78, 5) is 25.6. The average molecular weight is 348 g/mol. The Morgan fingerprint density at radius 1 is 1.08 bits per heavy atom. The minimum Gasteiger partial charge on any atom is -0.350 e. The Balaban J connectivity index is 1.87. The van der Waals surface area contributed by atoms with Crippen molar-refractivity contribution in [3.8, 4) is 0 Å². The Morgan fingerprint density at radius 2 is 1.85 bits per heavy atom. The molecule has 0 saturated carbocycles. The maximum atomic E-state index is 12.9. The molecule has 1 aromatic heterocycles. The first-order valence-electron chi connectivity index (χ1n) is 9.06. The number of carbonyl (C=O) groups excluding carboxylic acids is 1. The second kappa shape index (κ2) is 8.00. The molecule has 1 heterocycles. The van der Waals surface area contributed by atoms with E-state index in [1.807, 2.05) is 68.4 Å². The van der Waals surface area contributed by atoms with Gasteiger partial charge in [0, 0.05) is 18.5 Å². The molecule has 4 heteroatoms. The third kappa shape index (κ3) is 3.85. The van der Waals surface area contributed by atoms with Crippen molar-refractivity contribution in [3.05, 3.63) is 81.8 Å². The number of amides is 1. The average Bonchev–Trinajstić information content (AvgIpc) is 2.65. The van der Waals surface area contributed by atoms with E-state index in [-0.39, 0.29) is 11.5 Å². The summed E-state index contributed by atoms with van der Waals surface area (Å²) < 4.78 is 1.60. The molecule has 0 bridgehead atoms. The fourth-order valence-electron chi connectivity index (χ4n) is 3.15. The van der Waals surface area contributed by atoms with Crippen molar-refractivity contribution in [3.63, 3.8) is 0 Å². The Hall–Kier alpha value is -2.88. The molecule has 0 aliphatic carbocycles. The van der Waals surface area contributed by atoms with Crippen molar-refractivity contribution in [2.75, 3.05) is 6.54 Å². The summed E-state index contributed by atoms with van der Waals surface area (Å²) in [7, 11) is 0. The molecule has 0 spiro atoms. The zero-order valence-electron chi connectivity index (χ0n) is 15.3. The van der Waals surface area contributed by atoms with Gasteiger partial charge in [0.25, 0.3) is 11.5 Å². The van der Waals surface area contributed by atoms with Gasteiger partial charge in [-0.1, -0.05) is 55.0 Å². The van der Waals surface area contributed by atoms with Crippen molar-refractivity contribution in [1.29, 1.82) is 0 Å². The molecule has 0 saturated heterocycles. The van der Waals surface area contributed by atoms with E-state index in [0.29, 0.717) is 24.2 Å². The van der Waals surface area contributed by atoms with Gasteiger partial charge in [0.2, 0.25) is 0 Å². The van der Waals surface area contributed by atoms with Crippen LogP contribution in [0.5, 0.6) is 0 Å². The van der Waals surface area contributed by atoms with Crippen molar-refractivity contribution >= 4 is 16.7 Å². The maximum absolute atomic E-state index is 12.9. The summed E-state index contributed by atoms with van der Waals surface area (Å²) in [5, 5.41) is 4.42. The first-order valence-corrected chi connectivity index (χ1v) is 9.06. The summed E-state index contributed by atoms with van der Waals surface area (Å²) in [5.74, 6) is -0.200. The summed E-state index contributed by atoms with van der Waals surface area (Å²) in [6.07, 6.45) is 1.55. The maximum Gasteiger partial charge on any atom is 0.268 e. The molecule has 0 atom stereocenters. The molecule has 0 aliphatic heterocycles. The number of nitrogens with zero attached hydrogens (tertiary/aromatic N) is 1. The molecule has 0 radical (unpaired) electrons. The van der Waals surface area contributed by atoms with Gasteiger partial charge in [0.05, 0.1) is 0 Å². The van der Waals surface area contributed by atoms with Crippen LogP contribution < -0.4 is 10.9 Å². The number of rotatable bonds is 6. The third-order valence-electron chi connectivity index (χ3n) is 4.49. The lowest BCUT2D eigenvalue weighted by Gasteiger charge is -2.14. The van der Waals surface area contributed by atoms with Crippen LogP contribution in [0.25, 0.3) is 10.8 Å². The van der Waals surface area contributed by atoms with E-state index in [1.165, 1.54) is 5.56 Å². The van der Waals surface area contributed by atoms with E-state index in [9.17, 15) is 9.59 Å². The van der Waals surface area contributed by atoms with E-state index in [0.717, 1.165) is 23.8 Å². The SMILES string of the molecule is CCCn1c(C(=O)NCCc2ccccc2)cc2ccc(C)cc2c1=O. The van der Waals surface area contributed by atoms with E-state index < -0.39 is 0 Å². The normalized spacial score (nSPS) is 10.8. The molecular formula is C22H24N2O2. The van der Waals surface area contributed by atoms with Crippen LogP contribution >= 0.6 is 0 Å². The van der Waals surface area contributed by atoms with Crippen LogP contribution in [0.1, 0.15) is 35.0 Å². The van der Waals surface area contributed by atoms with Crippen molar-refractivity contribution in [2.24, 2.45) is 0 Å². The van der Waals surface area contributed by atoms with Gasteiger partial charge >= 0.3 is 0 Å². The molecule has 134 valence electrons. The Morgan fingerprint density at radius 3 is 2.58 bits per heavy atom. The van der Waals surface area contributed by atoms with Crippen LogP contribution in [-0.4, -0.2) is 17.0 Å².